The highest BCUT2D eigenvalue weighted by molar-refractivity contribution is 7.27. The van der Waals surface area contributed by atoms with Gasteiger partial charge in [0.15, 0.2) is 0 Å². The second-order valence-electron chi connectivity index (χ2n) is 7.97. The fourth-order valence-corrected chi connectivity index (χ4v) is 5.63. The molecular formula is C24H23FN5PS. The van der Waals surface area contributed by atoms with Gasteiger partial charge >= 0.3 is 0 Å². The quantitative estimate of drug-likeness (QED) is 0.359. The summed E-state index contributed by atoms with van der Waals surface area (Å²) in [5.74, 6) is -0.267. The number of thiazole rings is 1. The maximum Gasteiger partial charge on any atom is 0.137 e. The maximum atomic E-state index is 15.2. The summed E-state index contributed by atoms with van der Waals surface area (Å²) >= 11 is 1.58. The third-order valence-electron chi connectivity index (χ3n) is 5.87. The van der Waals surface area contributed by atoms with Crippen molar-refractivity contribution in [2.24, 2.45) is 0 Å². The lowest BCUT2D eigenvalue weighted by atomic mass is 9.70. The van der Waals surface area contributed by atoms with E-state index in [1.807, 2.05) is 29.6 Å². The summed E-state index contributed by atoms with van der Waals surface area (Å²) in [6.45, 7) is 4.66. The van der Waals surface area contributed by atoms with Crippen molar-refractivity contribution >= 4 is 25.9 Å². The molecule has 0 N–H and O–H groups in total. The molecule has 2 heterocycles. The first kappa shape index (κ1) is 22.3. The van der Waals surface area contributed by atoms with Gasteiger partial charge in [-0.1, -0.05) is 38.1 Å². The number of nitrogens with zero attached hydrogens (tertiary/aromatic N) is 5. The average Bonchev–Trinajstić information content (AvgIpc) is 3.46. The normalized spacial score (nSPS) is 14.0. The fraction of sp³-hybridized carbons (Fsp3) is 0.250. The van der Waals surface area contributed by atoms with Crippen LogP contribution >= 0.6 is 20.6 Å². The average molecular weight is 464 g/mol. The largest absolute Gasteiger partial charge is 0.252 e. The zero-order valence-electron chi connectivity index (χ0n) is 17.9. The number of benzene rings is 2. The number of hydrogen-bond donors (Lipinski definition) is 0. The van der Waals surface area contributed by atoms with Crippen molar-refractivity contribution in [3.63, 3.8) is 0 Å². The summed E-state index contributed by atoms with van der Waals surface area (Å²) in [6.07, 6.45) is 3.94. The van der Waals surface area contributed by atoms with E-state index in [9.17, 15) is 0 Å². The van der Waals surface area contributed by atoms with Gasteiger partial charge in [0.25, 0.3) is 0 Å². The van der Waals surface area contributed by atoms with Crippen LogP contribution in [0.15, 0.2) is 60.5 Å². The number of nitriles is 1. The number of aromatic nitrogens is 4. The monoisotopic (exact) mass is 463 g/mol. The summed E-state index contributed by atoms with van der Waals surface area (Å²) in [4.78, 5) is 9.01. The maximum absolute atomic E-state index is 15.2. The standard InChI is InChI=1S/C24H23FN5PS/c1-3-19(23-29-22(12-32-23)17-6-4-16(11-26)5-7-17)24(2,13-30-15-27-14-28-30)20-9-8-18(31)10-21(20)25/h4-10,12,14-15,19H,3,13,31H2,1-2H3/t19?,24-/m0/s1. The van der Waals surface area contributed by atoms with Crippen LogP contribution < -0.4 is 5.30 Å². The predicted octanol–water partition coefficient (Wildman–Crippen LogP) is 5.06. The molecule has 0 aliphatic carbocycles. The highest BCUT2D eigenvalue weighted by Crippen LogP contribution is 2.45. The number of hydrogen-bond acceptors (Lipinski definition) is 5. The Morgan fingerprint density at radius 1 is 1.25 bits per heavy atom. The molecule has 2 aromatic heterocycles. The molecule has 0 amide bonds. The van der Waals surface area contributed by atoms with E-state index >= 15 is 4.39 Å². The molecule has 0 fully saturated rings. The molecule has 0 spiro atoms. The smallest absolute Gasteiger partial charge is 0.137 e. The van der Waals surface area contributed by atoms with E-state index < -0.39 is 5.41 Å². The SMILES string of the molecule is CCC(c1nc(-c2ccc(C#N)cc2)cs1)[C@](C)(Cn1cncn1)c1ccc(P)cc1F. The highest BCUT2D eigenvalue weighted by Gasteiger charge is 2.40. The van der Waals surface area contributed by atoms with E-state index in [1.54, 1.807) is 40.5 Å². The summed E-state index contributed by atoms with van der Waals surface area (Å²) in [6, 6.07) is 14.9. The lowest BCUT2D eigenvalue weighted by molar-refractivity contribution is 0.292. The minimum Gasteiger partial charge on any atom is -0.252 e. The van der Waals surface area contributed by atoms with Gasteiger partial charge in [-0.25, -0.2) is 14.4 Å². The van der Waals surface area contributed by atoms with E-state index in [4.69, 9.17) is 10.2 Å². The molecule has 8 heteroatoms. The number of rotatable bonds is 7. The molecule has 0 aliphatic rings. The zero-order chi connectivity index (χ0) is 22.7. The van der Waals surface area contributed by atoms with E-state index in [0.717, 1.165) is 28.0 Å². The fourth-order valence-electron chi connectivity index (χ4n) is 4.22. The van der Waals surface area contributed by atoms with E-state index in [-0.39, 0.29) is 11.7 Å². The summed E-state index contributed by atoms with van der Waals surface area (Å²) in [7, 11) is 2.55. The first-order valence-electron chi connectivity index (χ1n) is 10.3. The van der Waals surface area contributed by atoms with Crippen LogP contribution in [-0.2, 0) is 12.0 Å². The molecule has 0 aliphatic heterocycles. The third-order valence-corrected chi connectivity index (χ3v) is 7.19. The zero-order valence-corrected chi connectivity index (χ0v) is 19.8. The van der Waals surface area contributed by atoms with Crippen LogP contribution in [0.2, 0.25) is 0 Å². The third kappa shape index (κ3) is 4.34. The molecule has 3 atom stereocenters. The van der Waals surface area contributed by atoms with Crippen molar-refractivity contribution < 1.29 is 4.39 Å². The minimum absolute atomic E-state index is 0.0336. The van der Waals surface area contributed by atoms with E-state index in [2.05, 4.69) is 39.2 Å². The number of halogens is 1. The van der Waals surface area contributed by atoms with Crippen LogP contribution in [0.3, 0.4) is 0 Å². The Labute approximate surface area is 193 Å². The Morgan fingerprint density at radius 2 is 2.03 bits per heavy atom. The van der Waals surface area contributed by atoms with E-state index in [1.165, 1.54) is 6.33 Å². The lowest BCUT2D eigenvalue weighted by Gasteiger charge is -2.37. The van der Waals surface area contributed by atoms with Crippen molar-refractivity contribution in [3.8, 4) is 17.3 Å². The van der Waals surface area contributed by atoms with Gasteiger partial charge in [-0.2, -0.15) is 10.4 Å². The summed E-state index contributed by atoms with van der Waals surface area (Å²) < 4.78 is 17.0. The van der Waals surface area contributed by atoms with Crippen molar-refractivity contribution in [2.45, 2.75) is 38.1 Å². The van der Waals surface area contributed by atoms with Gasteiger partial charge in [-0.15, -0.1) is 20.6 Å². The van der Waals surface area contributed by atoms with Gasteiger partial charge in [-0.3, -0.25) is 4.68 Å². The predicted molar refractivity (Wildman–Crippen MR) is 128 cm³/mol. The molecule has 0 radical (unpaired) electrons. The lowest BCUT2D eigenvalue weighted by Crippen LogP contribution is -2.36. The molecule has 162 valence electrons. The van der Waals surface area contributed by atoms with Crippen molar-refractivity contribution in [3.05, 3.63) is 82.5 Å². The van der Waals surface area contributed by atoms with E-state index in [0.29, 0.717) is 17.7 Å². The molecule has 2 unspecified atom stereocenters. The van der Waals surface area contributed by atoms with Crippen LogP contribution in [0, 0.1) is 17.1 Å². The van der Waals surface area contributed by atoms with Gasteiger partial charge in [0.1, 0.15) is 18.5 Å². The van der Waals surface area contributed by atoms with Crippen LogP contribution in [0.5, 0.6) is 0 Å². The van der Waals surface area contributed by atoms with Crippen LogP contribution in [-0.4, -0.2) is 19.7 Å². The first-order chi connectivity index (χ1) is 15.4. The Kier molecular flexibility index (Phi) is 6.45. The molecule has 0 saturated carbocycles. The van der Waals surface area contributed by atoms with Gasteiger partial charge < -0.3 is 0 Å². The Balaban J connectivity index is 1.77. The van der Waals surface area contributed by atoms with Gasteiger partial charge in [0.2, 0.25) is 0 Å². The molecule has 4 aromatic rings. The van der Waals surface area contributed by atoms with Crippen LogP contribution in [0.4, 0.5) is 4.39 Å². The van der Waals surface area contributed by atoms with Crippen molar-refractivity contribution in [1.29, 1.82) is 5.26 Å². The summed E-state index contributed by atoms with van der Waals surface area (Å²) in [5.41, 5.74) is 2.48. The first-order valence-corrected chi connectivity index (χ1v) is 11.7. The van der Waals surface area contributed by atoms with Crippen LogP contribution in [0.25, 0.3) is 11.3 Å². The molecule has 0 bridgehead atoms. The molecular weight excluding hydrogens is 440 g/mol. The molecule has 4 rings (SSSR count). The van der Waals surface area contributed by atoms with Gasteiger partial charge in [-0.05, 0) is 35.5 Å². The molecule has 0 saturated heterocycles. The van der Waals surface area contributed by atoms with Gasteiger partial charge in [0, 0.05) is 22.3 Å². The van der Waals surface area contributed by atoms with Crippen LogP contribution in [0.1, 0.15) is 42.3 Å². The van der Waals surface area contributed by atoms with Crippen molar-refractivity contribution in [2.75, 3.05) is 0 Å². The highest BCUT2D eigenvalue weighted by atomic mass is 32.1. The molecule has 5 nitrogen and oxygen atoms in total. The second kappa shape index (κ2) is 9.28. The molecule has 32 heavy (non-hydrogen) atoms. The topological polar surface area (TPSA) is 67.4 Å². The van der Waals surface area contributed by atoms with Gasteiger partial charge in [0.05, 0.1) is 28.9 Å². The Morgan fingerprint density at radius 3 is 2.66 bits per heavy atom. The Hall–Kier alpha value is -2.94. The van der Waals surface area contributed by atoms with Crippen molar-refractivity contribution in [1.82, 2.24) is 19.7 Å². The molecule has 2 aromatic carbocycles. The minimum atomic E-state index is -0.593. The Bertz CT molecular complexity index is 1250. The summed E-state index contributed by atoms with van der Waals surface area (Å²) in [5, 5.41) is 17.1. The second-order valence-corrected chi connectivity index (χ2v) is 9.53.